The van der Waals surface area contributed by atoms with Crippen LogP contribution < -0.4 is 15.5 Å². The molecule has 0 radical (unpaired) electrons. The summed E-state index contributed by atoms with van der Waals surface area (Å²) < 4.78 is 5.60. The van der Waals surface area contributed by atoms with Crippen molar-refractivity contribution in [1.82, 2.24) is 15.8 Å². The number of hydrogen-bond donors (Lipinski definition) is 2. The first-order chi connectivity index (χ1) is 13.4. The molecule has 1 saturated heterocycles. The molecule has 0 spiro atoms. The molecule has 0 saturated carbocycles. The van der Waals surface area contributed by atoms with E-state index in [1.165, 1.54) is 0 Å². The van der Waals surface area contributed by atoms with Gasteiger partial charge in [0.1, 0.15) is 11.3 Å². The van der Waals surface area contributed by atoms with Crippen LogP contribution in [0, 0.1) is 6.92 Å². The fraction of sp³-hybridized carbons (Fsp3) is 0.286. The SMILES string of the molecule is Cc1cccc(OCCCC(=O)NN2C(=O)N[C@](C)(c3ccccc3)C2=O)c1. The average Bonchev–Trinajstić information content (AvgIpc) is 2.90. The smallest absolute Gasteiger partial charge is 0.344 e. The lowest BCUT2D eigenvalue weighted by atomic mass is 9.92. The Hall–Kier alpha value is -3.35. The van der Waals surface area contributed by atoms with Gasteiger partial charge in [-0.25, -0.2) is 4.79 Å². The van der Waals surface area contributed by atoms with Gasteiger partial charge in [-0.3, -0.25) is 15.0 Å². The van der Waals surface area contributed by atoms with Gasteiger partial charge in [0, 0.05) is 6.42 Å². The molecule has 7 nitrogen and oxygen atoms in total. The summed E-state index contributed by atoms with van der Waals surface area (Å²) in [6.45, 7) is 3.95. The highest BCUT2D eigenvalue weighted by Crippen LogP contribution is 2.27. The summed E-state index contributed by atoms with van der Waals surface area (Å²) in [7, 11) is 0. The summed E-state index contributed by atoms with van der Waals surface area (Å²) in [6.07, 6.45) is 0.588. The molecule has 1 fully saturated rings. The molecule has 0 aromatic heterocycles. The van der Waals surface area contributed by atoms with Crippen LogP contribution in [0.1, 0.15) is 30.9 Å². The summed E-state index contributed by atoms with van der Waals surface area (Å²) in [5.41, 5.74) is 2.92. The second-order valence-electron chi connectivity index (χ2n) is 6.87. The van der Waals surface area contributed by atoms with Gasteiger partial charge in [-0.1, -0.05) is 42.5 Å². The van der Waals surface area contributed by atoms with Crippen LogP contribution in [0.4, 0.5) is 4.79 Å². The van der Waals surface area contributed by atoms with Crippen LogP contribution in [0.3, 0.4) is 0 Å². The number of carbonyl (C=O) groups excluding carboxylic acids is 3. The Labute approximate surface area is 163 Å². The number of ether oxygens (including phenoxy) is 1. The number of imide groups is 1. The molecular weight excluding hydrogens is 358 g/mol. The molecule has 146 valence electrons. The molecule has 2 N–H and O–H groups in total. The molecular formula is C21H23N3O4. The van der Waals surface area contributed by atoms with E-state index >= 15 is 0 Å². The zero-order valence-electron chi connectivity index (χ0n) is 15.9. The first-order valence-corrected chi connectivity index (χ1v) is 9.11. The standard InChI is InChI=1S/C21H23N3O4/c1-15-8-6-11-17(14-15)28-13-7-12-18(25)23-24-19(26)21(2,22-20(24)27)16-9-4-3-5-10-16/h3-6,8-11,14H,7,12-13H2,1-2H3,(H,22,27)(H,23,25)/t21-/m1/s1. The van der Waals surface area contributed by atoms with Crippen LogP contribution in [-0.2, 0) is 15.1 Å². The van der Waals surface area contributed by atoms with E-state index in [1.807, 2.05) is 37.3 Å². The summed E-state index contributed by atoms with van der Waals surface area (Å²) in [4.78, 5) is 37.1. The number of carbonyl (C=O) groups is 3. The third-order valence-corrected chi connectivity index (χ3v) is 4.58. The Morgan fingerprint density at radius 3 is 2.61 bits per heavy atom. The summed E-state index contributed by atoms with van der Waals surface area (Å²) in [5.74, 6) is -0.199. The molecule has 7 heteroatoms. The van der Waals surface area contributed by atoms with Gasteiger partial charge in [0.2, 0.25) is 5.91 Å². The van der Waals surface area contributed by atoms with E-state index < -0.39 is 23.4 Å². The lowest BCUT2D eigenvalue weighted by molar-refractivity contribution is -0.139. The molecule has 1 aliphatic rings. The van der Waals surface area contributed by atoms with E-state index in [-0.39, 0.29) is 6.42 Å². The number of nitrogens with zero attached hydrogens (tertiary/aromatic N) is 1. The molecule has 2 aromatic rings. The predicted molar refractivity (Wildman–Crippen MR) is 103 cm³/mol. The van der Waals surface area contributed by atoms with Crippen LogP contribution >= 0.6 is 0 Å². The van der Waals surface area contributed by atoms with Crippen molar-refractivity contribution in [2.45, 2.75) is 32.2 Å². The third-order valence-electron chi connectivity index (χ3n) is 4.58. The lowest BCUT2D eigenvalue weighted by Gasteiger charge is -2.22. The van der Waals surface area contributed by atoms with E-state index in [0.717, 1.165) is 16.3 Å². The average molecular weight is 381 g/mol. The number of hydrogen-bond acceptors (Lipinski definition) is 4. The van der Waals surface area contributed by atoms with Gasteiger partial charge in [-0.05, 0) is 43.5 Å². The van der Waals surface area contributed by atoms with Crippen LogP contribution in [0.5, 0.6) is 5.75 Å². The topological polar surface area (TPSA) is 87.7 Å². The minimum absolute atomic E-state index is 0.130. The van der Waals surface area contributed by atoms with Gasteiger partial charge >= 0.3 is 6.03 Å². The number of rotatable bonds is 7. The van der Waals surface area contributed by atoms with Crippen LogP contribution in [0.15, 0.2) is 54.6 Å². The second kappa shape index (κ2) is 8.12. The monoisotopic (exact) mass is 381 g/mol. The maximum Gasteiger partial charge on any atom is 0.344 e. The van der Waals surface area contributed by atoms with Crippen molar-refractivity contribution in [2.24, 2.45) is 0 Å². The van der Waals surface area contributed by atoms with Gasteiger partial charge in [-0.2, -0.15) is 5.01 Å². The van der Waals surface area contributed by atoms with E-state index in [2.05, 4.69) is 10.7 Å². The molecule has 0 unspecified atom stereocenters. The molecule has 28 heavy (non-hydrogen) atoms. The summed E-state index contributed by atoms with van der Waals surface area (Å²) in [6, 6.07) is 15.9. The quantitative estimate of drug-likeness (QED) is 0.570. The molecule has 1 heterocycles. The molecule has 2 aromatic carbocycles. The van der Waals surface area contributed by atoms with E-state index in [4.69, 9.17) is 4.74 Å². The Kier molecular flexibility index (Phi) is 5.63. The van der Waals surface area contributed by atoms with E-state index in [0.29, 0.717) is 18.6 Å². The molecule has 1 atom stereocenters. The van der Waals surface area contributed by atoms with E-state index in [1.54, 1.807) is 31.2 Å². The normalized spacial score (nSPS) is 18.7. The van der Waals surface area contributed by atoms with Gasteiger partial charge < -0.3 is 10.1 Å². The zero-order valence-corrected chi connectivity index (χ0v) is 15.9. The minimum Gasteiger partial charge on any atom is -0.494 e. The fourth-order valence-electron chi connectivity index (χ4n) is 3.02. The van der Waals surface area contributed by atoms with Crippen molar-refractivity contribution in [3.63, 3.8) is 0 Å². The zero-order chi connectivity index (χ0) is 20.1. The summed E-state index contributed by atoms with van der Waals surface area (Å²) in [5, 5.41) is 3.39. The van der Waals surface area contributed by atoms with Crippen LogP contribution in [-0.4, -0.2) is 29.5 Å². The number of hydrazine groups is 1. The number of amides is 4. The van der Waals surface area contributed by atoms with Gasteiger partial charge in [0.05, 0.1) is 6.61 Å². The third kappa shape index (κ3) is 4.14. The number of urea groups is 1. The predicted octanol–water partition coefficient (Wildman–Crippen LogP) is 2.65. The van der Waals surface area contributed by atoms with Crippen molar-refractivity contribution >= 4 is 17.8 Å². The van der Waals surface area contributed by atoms with Crippen LogP contribution in [0.2, 0.25) is 0 Å². The van der Waals surface area contributed by atoms with Crippen molar-refractivity contribution in [3.8, 4) is 5.75 Å². The highest BCUT2D eigenvalue weighted by Gasteiger charge is 2.49. The van der Waals surface area contributed by atoms with E-state index in [9.17, 15) is 14.4 Å². The molecule has 1 aliphatic heterocycles. The van der Waals surface area contributed by atoms with Gasteiger partial charge in [0.25, 0.3) is 5.91 Å². The summed E-state index contributed by atoms with van der Waals surface area (Å²) >= 11 is 0. The highest BCUT2D eigenvalue weighted by atomic mass is 16.5. The molecule has 0 bridgehead atoms. The molecule has 4 amide bonds. The van der Waals surface area contributed by atoms with Crippen molar-refractivity contribution in [2.75, 3.05) is 6.61 Å². The second-order valence-corrected chi connectivity index (χ2v) is 6.87. The van der Waals surface area contributed by atoms with Gasteiger partial charge in [-0.15, -0.1) is 0 Å². The Morgan fingerprint density at radius 2 is 1.89 bits per heavy atom. The van der Waals surface area contributed by atoms with Gasteiger partial charge in [0.15, 0.2) is 0 Å². The number of aryl methyl sites for hydroxylation is 1. The first-order valence-electron chi connectivity index (χ1n) is 9.11. The van der Waals surface area contributed by atoms with Crippen molar-refractivity contribution < 1.29 is 19.1 Å². The molecule has 0 aliphatic carbocycles. The van der Waals surface area contributed by atoms with Crippen molar-refractivity contribution in [3.05, 3.63) is 65.7 Å². The Balaban J connectivity index is 1.51. The maximum atomic E-state index is 12.7. The number of benzene rings is 2. The fourth-order valence-corrected chi connectivity index (χ4v) is 3.02. The first kappa shape index (κ1) is 19.4. The Morgan fingerprint density at radius 1 is 1.14 bits per heavy atom. The highest BCUT2D eigenvalue weighted by molar-refractivity contribution is 6.08. The maximum absolute atomic E-state index is 12.7. The van der Waals surface area contributed by atoms with Crippen LogP contribution in [0.25, 0.3) is 0 Å². The lowest BCUT2D eigenvalue weighted by Crippen LogP contribution is -2.47. The molecule has 3 rings (SSSR count). The largest absolute Gasteiger partial charge is 0.494 e. The minimum atomic E-state index is -1.21. The number of nitrogens with one attached hydrogen (secondary N) is 2. The Bertz CT molecular complexity index is 884. The van der Waals surface area contributed by atoms with Crippen molar-refractivity contribution in [1.29, 1.82) is 0 Å².